The van der Waals surface area contributed by atoms with Gasteiger partial charge in [0.2, 0.25) is 0 Å². The van der Waals surface area contributed by atoms with Crippen LogP contribution in [0.2, 0.25) is 0 Å². The van der Waals surface area contributed by atoms with Crippen molar-refractivity contribution in [2.75, 3.05) is 5.32 Å². The summed E-state index contributed by atoms with van der Waals surface area (Å²) in [5, 5.41) is 2.50. The van der Waals surface area contributed by atoms with Gasteiger partial charge in [-0.2, -0.15) is 0 Å². The van der Waals surface area contributed by atoms with E-state index in [1.807, 2.05) is 6.07 Å². The molecule has 0 unspecified atom stereocenters. The van der Waals surface area contributed by atoms with E-state index in [9.17, 15) is 14.4 Å². The van der Waals surface area contributed by atoms with Gasteiger partial charge in [-0.05, 0) is 11.6 Å². The minimum atomic E-state index is -0.639. The first-order chi connectivity index (χ1) is 9.66. The highest BCUT2D eigenvalue weighted by molar-refractivity contribution is 6.52. The Hall–Kier alpha value is -2.75. The van der Waals surface area contributed by atoms with E-state index in [4.69, 9.17) is 0 Å². The fraction of sp³-hybridized carbons (Fsp3) is 0.0625. The number of hydrogen-bond donors (Lipinski definition) is 1. The standard InChI is InChI=1S/C16H11NO3/c18-13(10-5-2-1-3-6-10)9-11-7-4-8-12-14(11)15(19)16(20)17-12/h1-8H,9H2,(H,17,19,20). The van der Waals surface area contributed by atoms with E-state index in [0.29, 0.717) is 22.4 Å². The van der Waals surface area contributed by atoms with E-state index < -0.39 is 11.7 Å². The molecule has 0 radical (unpaired) electrons. The summed E-state index contributed by atoms with van der Waals surface area (Å²) >= 11 is 0. The van der Waals surface area contributed by atoms with Gasteiger partial charge >= 0.3 is 0 Å². The Balaban J connectivity index is 1.94. The highest BCUT2D eigenvalue weighted by Gasteiger charge is 2.30. The Labute approximate surface area is 115 Å². The van der Waals surface area contributed by atoms with Crippen LogP contribution in [0.3, 0.4) is 0 Å². The van der Waals surface area contributed by atoms with Gasteiger partial charge in [0.15, 0.2) is 5.78 Å². The molecule has 1 amide bonds. The summed E-state index contributed by atoms with van der Waals surface area (Å²) in [6, 6.07) is 14.0. The largest absolute Gasteiger partial charge is 0.318 e. The Morgan fingerprint density at radius 1 is 0.950 bits per heavy atom. The molecule has 4 heteroatoms. The highest BCUT2D eigenvalue weighted by Crippen LogP contribution is 2.27. The SMILES string of the molecule is O=C1Nc2cccc(CC(=O)c3ccccc3)c2C1=O. The van der Waals surface area contributed by atoms with Gasteiger partial charge in [-0.25, -0.2) is 0 Å². The summed E-state index contributed by atoms with van der Waals surface area (Å²) in [6.45, 7) is 0. The van der Waals surface area contributed by atoms with Crippen LogP contribution in [0.5, 0.6) is 0 Å². The number of carbonyl (C=O) groups excluding carboxylic acids is 3. The normalized spacial score (nSPS) is 13.0. The Kier molecular flexibility index (Phi) is 2.91. The van der Waals surface area contributed by atoms with E-state index in [0.717, 1.165) is 0 Å². The molecule has 0 aliphatic carbocycles. The van der Waals surface area contributed by atoms with Gasteiger partial charge in [0.25, 0.3) is 11.7 Å². The van der Waals surface area contributed by atoms with E-state index in [2.05, 4.69) is 5.32 Å². The molecule has 1 aliphatic heterocycles. The zero-order valence-corrected chi connectivity index (χ0v) is 10.6. The summed E-state index contributed by atoms with van der Waals surface area (Å²) < 4.78 is 0. The molecule has 98 valence electrons. The molecule has 2 aromatic carbocycles. The lowest BCUT2D eigenvalue weighted by molar-refractivity contribution is -0.112. The average Bonchev–Trinajstić information content (AvgIpc) is 2.76. The van der Waals surface area contributed by atoms with Gasteiger partial charge in [0.1, 0.15) is 0 Å². The molecular formula is C16H11NO3. The summed E-state index contributed by atoms with van der Waals surface area (Å²) in [6.07, 6.45) is 0.105. The third-order valence-electron chi connectivity index (χ3n) is 3.28. The van der Waals surface area contributed by atoms with E-state index in [-0.39, 0.29) is 12.2 Å². The van der Waals surface area contributed by atoms with Crippen molar-refractivity contribution in [2.45, 2.75) is 6.42 Å². The van der Waals surface area contributed by atoms with Crippen LogP contribution in [0.25, 0.3) is 0 Å². The van der Waals surface area contributed by atoms with Gasteiger partial charge in [0.05, 0.1) is 11.3 Å². The third kappa shape index (κ3) is 2.01. The minimum absolute atomic E-state index is 0.0776. The molecule has 0 spiro atoms. The predicted octanol–water partition coefficient (Wildman–Crippen LogP) is 2.25. The molecule has 0 bridgehead atoms. The van der Waals surface area contributed by atoms with Crippen molar-refractivity contribution in [2.24, 2.45) is 0 Å². The number of Topliss-reactive ketones (excluding diaryl/α,β-unsaturated/α-hetero) is 2. The predicted molar refractivity (Wildman–Crippen MR) is 73.9 cm³/mol. The lowest BCUT2D eigenvalue weighted by Gasteiger charge is -2.05. The number of amides is 1. The van der Waals surface area contributed by atoms with Crippen molar-refractivity contribution in [3.05, 3.63) is 65.2 Å². The second-order valence-corrected chi connectivity index (χ2v) is 4.59. The van der Waals surface area contributed by atoms with Crippen LogP contribution in [0, 0.1) is 0 Å². The lowest BCUT2D eigenvalue weighted by Crippen LogP contribution is -2.14. The van der Waals surface area contributed by atoms with Gasteiger partial charge in [-0.1, -0.05) is 42.5 Å². The molecule has 4 nitrogen and oxygen atoms in total. The van der Waals surface area contributed by atoms with Crippen molar-refractivity contribution >= 4 is 23.2 Å². The number of ketones is 2. The van der Waals surface area contributed by atoms with Crippen molar-refractivity contribution in [3.63, 3.8) is 0 Å². The molecule has 1 N–H and O–H groups in total. The first-order valence-corrected chi connectivity index (χ1v) is 6.22. The molecule has 0 fully saturated rings. The average molecular weight is 265 g/mol. The zero-order valence-electron chi connectivity index (χ0n) is 10.6. The van der Waals surface area contributed by atoms with Crippen LogP contribution >= 0.6 is 0 Å². The van der Waals surface area contributed by atoms with Crippen LogP contribution in [-0.4, -0.2) is 17.5 Å². The van der Waals surface area contributed by atoms with Gasteiger partial charge in [0, 0.05) is 12.0 Å². The van der Waals surface area contributed by atoms with Crippen LogP contribution in [-0.2, 0) is 11.2 Å². The van der Waals surface area contributed by atoms with Crippen molar-refractivity contribution in [3.8, 4) is 0 Å². The van der Waals surface area contributed by atoms with Crippen molar-refractivity contribution < 1.29 is 14.4 Å². The van der Waals surface area contributed by atoms with Gasteiger partial charge < -0.3 is 5.32 Å². The van der Waals surface area contributed by atoms with E-state index >= 15 is 0 Å². The Bertz CT molecular complexity index is 720. The molecule has 0 saturated carbocycles. The fourth-order valence-electron chi connectivity index (χ4n) is 2.31. The molecule has 1 aliphatic rings. The minimum Gasteiger partial charge on any atom is -0.318 e. The summed E-state index contributed by atoms with van der Waals surface area (Å²) in [4.78, 5) is 35.4. The second kappa shape index (κ2) is 4.74. The quantitative estimate of drug-likeness (QED) is 0.683. The summed E-state index contributed by atoms with van der Waals surface area (Å²) in [7, 11) is 0. The molecule has 0 saturated heterocycles. The molecule has 1 heterocycles. The number of anilines is 1. The van der Waals surface area contributed by atoms with Crippen LogP contribution in [0.1, 0.15) is 26.3 Å². The number of nitrogens with one attached hydrogen (secondary N) is 1. The maximum Gasteiger partial charge on any atom is 0.296 e. The highest BCUT2D eigenvalue weighted by atomic mass is 16.2. The van der Waals surface area contributed by atoms with Crippen molar-refractivity contribution in [1.82, 2.24) is 0 Å². The number of carbonyl (C=O) groups is 3. The maximum atomic E-state index is 12.2. The van der Waals surface area contributed by atoms with Crippen LogP contribution in [0.15, 0.2) is 48.5 Å². The first kappa shape index (κ1) is 12.3. The number of benzene rings is 2. The molecule has 3 rings (SSSR count). The fourth-order valence-corrected chi connectivity index (χ4v) is 2.31. The molecule has 0 atom stereocenters. The van der Waals surface area contributed by atoms with Gasteiger partial charge in [-0.15, -0.1) is 0 Å². The number of fused-ring (bicyclic) bond motifs is 1. The second-order valence-electron chi connectivity index (χ2n) is 4.59. The molecule has 20 heavy (non-hydrogen) atoms. The number of hydrogen-bond acceptors (Lipinski definition) is 3. The smallest absolute Gasteiger partial charge is 0.296 e. The van der Waals surface area contributed by atoms with Crippen LogP contribution < -0.4 is 5.32 Å². The monoisotopic (exact) mass is 265 g/mol. The molecular weight excluding hydrogens is 254 g/mol. The Morgan fingerprint density at radius 2 is 1.70 bits per heavy atom. The molecule has 0 aromatic heterocycles. The van der Waals surface area contributed by atoms with Crippen LogP contribution in [0.4, 0.5) is 5.69 Å². The van der Waals surface area contributed by atoms with Gasteiger partial charge in [-0.3, -0.25) is 14.4 Å². The zero-order chi connectivity index (χ0) is 14.1. The summed E-state index contributed by atoms with van der Waals surface area (Å²) in [5.41, 5.74) is 1.98. The van der Waals surface area contributed by atoms with Crippen molar-refractivity contribution in [1.29, 1.82) is 0 Å². The third-order valence-corrected chi connectivity index (χ3v) is 3.28. The number of rotatable bonds is 3. The summed E-state index contributed by atoms with van der Waals surface area (Å²) in [5.74, 6) is -1.29. The molecule has 2 aromatic rings. The first-order valence-electron chi connectivity index (χ1n) is 6.22. The lowest BCUT2D eigenvalue weighted by atomic mass is 9.97. The van der Waals surface area contributed by atoms with E-state index in [1.165, 1.54) is 0 Å². The topological polar surface area (TPSA) is 63.2 Å². The Morgan fingerprint density at radius 3 is 2.45 bits per heavy atom. The van der Waals surface area contributed by atoms with E-state index in [1.54, 1.807) is 42.5 Å². The maximum absolute atomic E-state index is 12.2.